The Labute approximate surface area is 122 Å². The van der Waals surface area contributed by atoms with Crippen molar-refractivity contribution >= 4 is 5.69 Å². The summed E-state index contributed by atoms with van der Waals surface area (Å²) >= 11 is 0. The Bertz CT molecular complexity index is 407. The van der Waals surface area contributed by atoms with Gasteiger partial charge in [-0.1, -0.05) is 13.0 Å². The lowest BCUT2D eigenvalue weighted by atomic mass is 10.1. The highest BCUT2D eigenvalue weighted by Gasteiger charge is 2.11. The number of pyridine rings is 1. The van der Waals surface area contributed by atoms with E-state index < -0.39 is 0 Å². The molecule has 0 amide bonds. The highest BCUT2D eigenvalue weighted by molar-refractivity contribution is 5.54. The van der Waals surface area contributed by atoms with Crippen LogP contribution >= 0.6 is 0 Å². The maximum atomic E-state index is 5.20. The van der Waals surface area contributed by atoms with E-state index in [1.165, 1.54) is 11.3 Å². The Hall–Kier alpha value is -1.39. The predicted octanol–water partition coefficient (Wildman–Crippen LogP) is 2.53. The van der Waals surface area contributed by atoms with Crippen LogP contribution in [0.3, 0.4) is 0 Å². The standard InChI is InChI=1S/C16H27N3O/c1-5-7-17-12-15-13-18-14(3)11-16(15)19(8-6-2)9-10-20-4/h6,11,13,17H,2,5,7-10,12H2,1,3-4H3. The SMILES string of the molecule is C=CCN(CCOC)c1cc(C)ncc1CNCCC. The monoisotopic (exact) mass is 277 g/mol. The Morgan fingerprint density at radius 2 is 2.30 bits per heavy atom. The lowest BCUT2D eigenvalue weighted by molar-refractivity contribution is 0.205. The topological polar surface area (TPSA) is 37.4 Å². The number of hydrogen-bond donors (Lipinski definition) is 1. The van der Waals surface area contributed by atoms with E-state index in [9.17, 15) is 0 Å². The molecule has 4 nitrogen and oxygen atoms in total. The molecule has 0 aromatic carbocycles. The summed E-state index contributed by atoms with van der Waals surface area (Å²) in [7, 11) is 1.73. The quantitative estimate of drug-likeness (QED) is 0.527. The van der Waals surface area contributed by atoms with Gasteiger partial charge in [0.25, 0.3) is 0 Å². The molecule has 4 heteroatoms. The molecule has 1 aromatic rings. The smallest absolute Gasteiger partial charge is 0.0637 e. The van der Waals surface area contributed by atoms with Crippen LogP contribution in [0, 0.1) is 6.92 Å². The largest absolute Gasteiger partial charge is 0.383 e. The molecule has 0 saturated heterocycles. The van der Waals surface area contributed by atoms with E-state index in [-0.39, 0.29) is 0 Å². The first-order valence-electron chi connectivity index (χ1n) is 7.24. The van der Waals surface area contributed by atoms with E-state index in [1.54, 1.807) is 7.11 Å². The van der Waals surface area contributed by atoms with Crippen molar-refractivity contribution in [3.63, 3.8) is 0 Å². The maximum absolute atomic E-state index is 5.20. The van der Waals surface area contributed by atoms with Crippen molar-refractivity contribution in [2.75, 3.05) is 38.3 Å². The number of hydrogen-bond acceptors (Lipinski definition) is 4. The molecule has 1 N–H and O–H groups in total. The second-order valence-corrected chi connectivity index (χ2v) is 4.86. The number of nitrogens with one attached hydrogen (secondary N) is 1. The van der Waals surface area contributed by atoms with Gasteiger partial charge in [0.1, 0.15) is 0 Å². The van der Waals surface area contributed by atoms with E-state index >= 15 is 0 Å². The van der Waals surface area contributed by atoms with Gasteiger partial charge in [-0.25, -0.2) is 0 Å². The van der Waals surface area contributed by atoms with Gasteiger partial charge >= 0.3 is 0 Å². The molecule has 0 aliphatic carbocycles. The molecule has 0 saturated carbocycles. The molecule has 0 aliphatic heterocycles. The molecule has 0 fully saturated rings. The van der Waals surface area contributed by atoms with Gasteiger partial charge in [-0.2, -0.15) is 0 Å². The van der Waals surface area contributed by atoms with Gasteiger partial charge in [0.2, 0.25) is 0 Å². The first kappa shape index (κ1) is 16.7. The van der Waals surface area contributed by atoms with Gasteiger partial charge in [-0.05, 0) is 26.0 Å². The molecule has 0 aliphatic rings. The van der Waals surface area contributed by atoms with Crippen molar-refractivity contribution in [3.8, 4) is 0 Å². The number of methoxy groups -OCH3 is 1. The third-order valence-corrected chi connectivity index (χ3v) is 3.10. The highest BCUT2D eigenvalue weighted by atomic mass is 16.5. The molecule has 0 atom stereocenters. The summed E-state index contributed by atoms with van der Waals surface area (Å²) in [5, 5.41) is 3.44. The molecule has 112 valence electrons. The average molecular weight is 277 g/mol. The molecule has 0 radical (unpaired) electrons. The van der Waals surface area contributed by atoms with Gasteiger partial charge in [0, 0.05) is 49.9 Å². The van der Waals surface area contributed by atoms with Gasteiger partial charge in [0.15, 0.2) is 0 Å². The molecule has 1 aromatic heterocycles. The van der Waals surface area contributed by atoms with Crippen LogP contribution < -0.4 is 10.2 Å². The number of aryl methyl sites for hydroxylation is 1. The minimum Gasteiger partial charge on any atom is -0.383 e. The fourth-order valence-electron chi connectivity index (χ4n) is 2.07. The molecular weight excluding hydrogens is 250 g/mol. The number of nitrogens with zero attached hydrogens (tertiary/aromatic N) is 2. The van der Waals surface area contributed by atoms with Crippen LogP contribution in [0.1, 0.15) is 24.6 Å². The average Bonchev–Trinajstić information content (AvgIpc) is 2.45. The van der Waals surface area contributed by atoms with E-state index in [4.69, 9.17) is 4.74 Å². The minimum atomic E-state index is 0.705. The summed E-state index contributed by atoms with van der Waals surface area (Å²) in [5.74, 6) is 0. The van der Waals surface area contributed by atoms with Gasteiger partial charge in [0.05, 0.1) is 6.61 Å². The number of rotatable bonds is 10. The third kappa shape index (κ3) is 5.31. The molecule has 0 bridgehead atoms. The van der Waals surface area contributed by atoms with Crippen molar-refractivity contribution in [1.29, 1.82) is 0 Å². The summed E-state index contributed by atoms with van der Waals surface area (Å²) in [4.78, 5) is 6.70. The van der Waals surface area contributed by atoms with Crippen molar-refractivity contribution in [2.24, 2.45) is 0 Å². The van der Waals surface area contributed by atoms with Gasteiger partial charge in [-0.15, -0.1) is 6.58 Å². The summed E-state index contributed by atoms with van der Waals surface area (Å²) in [5.41, 5.74) is 3.48. The normalized spacial score (nSPS) is 10.6. The summed E-state index contributed by atoms with van der Waals surface area (Å²) in [6.45, 7) is 12.3. The number of aromatic nitrogens is 1. The summed E-state index contributed by atoms with van der Waals surface area (Å²) in [6, 6.07) is 2.14. The highest BCUT2D eigenvalue weighted by Crippen LogP contribution is 2.21. The summed E-state index contributed by atoms with van der Waals surface area (Å²) < 4.78 is 5.20. The first-order valence-corrected chi connectivity index (χ1v) is 7.24. The van der Waals surface area contributed by atoms with Crippen LogP contribution in [0.25, 0.3) is 0 Å². The Balaban J connectivity index is 2.90. The Morgan fingerprint density at radius 1 is 1.50 bits per heavy atom. The second kappa shape index (κ2) is 9.50. The van der Waals surface area contributed by atoms with Gasteiger partial charge < -0.3 is 15.0 Å². The van der Waals surface area contributed by atoms with Crippen LogP contribution in [0.5, 0.6) is 0 Å². The van der Waals surface area contributed by atoms with Crippen molar-refractivity contribution in [3.05, 3.63) is 36.2 Å². The fraction of sp³-hybridized carbons (Fsp3) is 0.562. The van der Waals surface area contributed by atoms with Crippen LogP contribution in [0.2, 0.25) is 0 Å². The number of ether oxygens (including phenoxy) is 1. The van der Waals surface area contributed by atoms with Gasteiger partial charge in [-0.3, -0.25) is 4.98 Å². The zero-order valence-corrected chi connectivity index (χ0v) is 13.0. The van der Waals surface area contributed by atoms with E-state index in [0.29, 0.717) is 6.61 Å². The number of anilines is 1. The molecule has 0 unspecified atom stereocenters. The third-order valence-electron chi connectivity index (χ3n) is 3.10. The molecule has 20 heavy (non-hydrogen) atoms. The van der Waals surface area contributed by atoms with E-state index in [1.807, 2.05) is 19.2 Å². The first-order chi connectivity index (χ1) is 9.72. The zero-order chi connectivity index (χ0) is 14.8. The van der Waals surface area contributed by atoms with E-state index in [0.717, 1.165) is 38.3 Å². The van der Waals surface area contributed by atoms with Crippen LogP contribution in [-0.2, 0) is 11.3 Å². The lowest BCUT2D eigenvalue weighted by Gasteiger charge is -2.26. The predicted molar refractivity (Wildman–Crippen MR) is 85.3 cm³/mol. The van der Waals surface area contributed by atoms with E-state index in [2.05, 4.69) is 34.8 Å². The molecule has 1 heterocycles. The minimum absolute atomic E-state index is 0.705. The molecule has 1 rings (SSSR count). The molecular formula is C16H27N3O. The van der Waals surface area contributed by atoms with Crippen LogP contribution in [0.15, 0.2) is 24.9 Å². The fourth-order valence-corrected chi connectivity index (χ4v) is 2.07. The lowest BCUT2D eigenvalue weighted by Crippen LogP contribution is -2.29. The maximum Gasteiger partial charge on any atom is 0.0637 e. The van der Waals surface area contributed by atoms with Crippen molar-refractivity contribution < 1.29 is 4.74 Å². The van der Waals surface area contributed by atoms with Crippen LogP contribution in [-0.4, -0.2) is 38.3 Å². The second-order valence-electron chi connectivity index (χ2n) is 4.86. The van der Waals surface area contributed by atoms with Crippen molar-refractivity contribution in [2.45, 2.75) is 26.8 Å². The zero-order valence-electron chi connectivity index (χ0n) is 13.0. The van der Waals surface area contributed by atoms with Crippen LogP contribution in [0.4, 0.5) is 5.69 Å². The molecule has 0 spiro atoms. The Morgan fingerprint density at radius 3 is 2.95 bits per heavy atom. The summed E-state index contributed by atoms with van der Waals surface area (Å²) in [6.07, 6.45) is 5.03. The Kier molecular flexibility index (Phi) is 7.92. The van der Waals surface area contributed by atoms with Crippen molar-refractivity contribution in [1.82, 2.24) is 10.3 Å².